The van der Waals surface area contributed by atoms with Crippen LogP contribution in [0, 0.1) is 10.1 Å². The second-order valence-corrected chi connectivity index (χ2v) is 3.82. The van der Waals surface area contributed by atoms with E-state index >= 15 is 0 Å². The molecule has 1 heterocycles. The highest BCUT2D eigenvalue weighted by Gasteiger charge is 2.23. The zero-order valence-corrected chi connectivity index (χ0v) is 9.62. The summed E-state index contributed by atoms with van der Waals surface area (Å²) in [5.41, 5.74) is 0. The molecule has 1 aromatic heterocycles. The Kier molecular flexibility index (Phi) is 3.83. The standard InChI is InChI=1S/C9H16N4O3/c1-7(14)4-5-11(2)9-8(13(15)16)10-6-12(9)3/h6-7,14H,4-5H2,1-3H3. The average Bonchev–Trinajstić information content (AvgIpc) is 2.56. The molecular weight excluding hydrogens is 212 g/mol. The van der Waals surface area contributed by atoms with E-state index in [-0.39, 0.29) is 5.82 Å². The zero-order valence-electron chi connectivity index (χ0n) is 9.62. The van der Waals surface area contributed by atoms with Crippen LogP contribution in [0.1, 0.15) is 13.3 Å². The molecule has 0 aromatic carbocycles. The molecular formula is C9H16N4O3. The number of rotatable bonds is 5. The molecule has 0 fully saturated rings. The third-order valence-electron chi connectivity index (χ3n) is 2.30. The summed E-state index contributed by atoms with van der Waals surface area (Å²) in [4.78, 5) is 15.7. The quantitative estimate of drug-likeness (QED) is 0.587. The molecule has 7 heteroatoms. The van der Waals surface area contributed by atoms with Gasteiger partial charge < -0.3 is 20.1 Å². The predicted molar refractivity (Wildman–Crippen MR) is 59.4 cm³/mol. The maximum atomic E-state index is 10.7. The SMILES string of the molecule is CC(O)CCN(C)c1c([N+](=O)[O-])ncn1C. The van der Waals surface area contributed by atoms with E-state index in [2.05, 4.69) is 4.98 Å². The summed E-state index contributed by atoms with van der Waals surface area (Å²) in [7, 11) is 3.45. The number of hydrogen-bond donors (Lipinski definition) is 1. The molecule has 0 amide bonds. The largest absolute Gasteiger partial charge is 0.406 e. The summed E-state index contributed by atoms with van der Waals surface area (Å²) in [6.07, 6.45) is 1.54. The Balaban J connectivity index is 2.85. The topological polar surface area (TPSA) is 84.4 Å². The number of aryl methyl sites for hydroxylation is 1. The monoisotopic (exact) mass is 228 g/mol. The van der Waals surface area contributed by atoms with E-state index in [4.69, 9.17) is 5.11 Å². The van der Waals surface area contributed by atoms with Crippen LogP contribution < -0.4 is 4.90 Å². The number of nitrogens with zero attached hydrogens (tertiary/aromatic N) is 4. The summed E-state index contributed by atoms with van der Waals surface area (Å²) in [5, 5.41) is 19.9. The second-order valence-electron chi connectivity index (χ2n) is 3.82. The van der Waals surface area contributed by atoms with Gasteiger partial charge in [-0.05, 0) is 23.3 Å². The van der Waals surface area contributed by atoms with Gasteiger partial charge in [0.1, 0.15) is 0 Å². The lowest BCUT2D eigenvalue weighted by molar-refractivity contribution is -0.388. The molecule has 1 unspecified atom stereocenters. The first kappa shape index (κ1) is 12.4. The summed E-state index contributed by atoms with van der Waals surface area (Å²) in [5.74, 6) is 0.293. The molecule has 1 rings (SSSR count). The fraction of sp³-hybridized carbons (Fsp3) is 0.667. The summed E-state index contributed by atoms with van der Waals surface area (Å²) >= 11 is 0. The summed E-state index contributed by atoms with van der Waals surface area (Å²) in [6, 6.07) is 0. The lowest BCUT2D eigenvalue weighted by atomic mass is 10.3. The molecule has 0 aliphatic carbocycles. The maximum Gasteiger partial charge on any atom is 0.406 e. The number of imidazole rings is 1. The molecule has 0 aliphatic rings. The van der Waals surface area contributed by atoms with E-state index < -0.39 is 11.0 Å². The van der Waals surface area contributed by atoms with Crippen LogP contribution in [0.5, 0.6) is 0 Å². The van der Waals surface area contributed by atoms with Crippen molar-refractivity contribution in [2.24, 2.45) is 7.05 Å². The predicted octanol–water partition coefficient (Wildman–Crippen LogP) is 0.535. The molecule has 1 atom stereocenters. The van der Waals surface area contributed by atoms with Crippen LogP contribution in [0.2, 0.25) is 0 Å². The van der Waals surface area contributed by atoms with Crippen molar-refractivity contribution in [3.8, 4) is 0 Å². The lowest BCUT2D eigenvalue weighted by Crippen LogP contribution is -2.24. The number of aromatic nitrogens is 2. The number of aliphatic hydroxyl groups excluding tert-OH is 1. The Morgan fingerprint density at radius 2 is 2.38 bits per heavy atom. The minimum absolute atomic E-state index is 0.157. The van der Waals surface area contributed by atoms with Crippen molar-refractivity contribution < 1.29 is 10.0 Å². The fourth-order valence-corrected chi connectivity index (χ4v) is 1.47. The van der Waals surface area contributed by atoms with Gasteiger partial charge in [-0.25, -0.2) is 0 Å². The Morgan fingerprint density at radius 1 is 1.75 bits per heavy atom. The van der Waals surface area contributed by atoms with Crippen LogP contribution in [0.3, 0.4) is 0 Å². The van der Waals surface area contributed by atoms with Crippen LogP contribution in [-0.4, -0.2) is 39.3 Å². The molecule has 0 radical (unpaired) electrons. The fourth-order valence-electron chi connectivity index (χ4n) is 1.47. The minimum Gasteiger partial charge on any atom is -0.393 e. The second kappa shape index (κ2) is 4.93. The van der Waals surface area contributed by atoms with Gasteiger partial charge in [0.25, 0.3) is 0 Å². The lowest BCUT2D eigenvalue weighted by Gasteiger charge is -2.18. The molecule has 1 aromatic rings. The van der Waals surface area contributed by atoms with Gasteiger partial charge >= 0.3 is 5.82 Å². The summed E-state index contributed by atoms with van der Waals surface area (Å²) < 4.78 is 1.60. The van der Waals surface area contributed by atoms with Gasteiger partial charge in [0.05, 0.1) is 6.10 Å². The molecule has 1 N–H and O–H groups in total. The third-order valence-corrected chi connectivity index (χ3v) is 2.30. The minimum atomic E-state index is -0.506. The van der Waals surface area contributed by atoms with Crippen molar-refractivity contribution in [2.75, 3.05) is 18.5 Å². The van der Waals surface area contributed by atoms with Crippen molar-refractivity contribution >= 4 is 11.6 Å². The van der Waals surface area contributed by atoms with E-state index in [1.54, 1.807) is 30.5 Å². The number of aliphatic hydroxyl groups is 1. The van der Waals surface area contributed by atoms with Crippen LogP contribution in [-0.2, 0) is 7.05 Å². The van der Waals surface area contributed by atoms with Gasteiger partial charge in [-0.2, -0.15) is 0 Å². The Bertz CT molecular complexity index is 375. The molecule has 0 aliphatic heterocycles. The van der Waals surface area contributed by atoms with Crippen molar-refractivity contribution in [1.82, 2.24) is 9.55 Å². The van der Waals surface area contributed by atoms with Crippen molar-refractivity contribution in [3.63, 3.8) is 0 Å². The van der Waals surface area contributed by atoms with Gasteiger partial charge in [-0.15, -0.1) is 0 Å². The highest BCUT2D eigenvalue weighted by Crippen LogP contribution is 2.24. The van der Waals surface area contributed by atoms with Crippen molar-refractivity contribution in [2.45, 2.75) is 19.4 Å². The van der Waals surface area contributed by atoms with Crippen molar-refractivity contribution in [1.29, 1.82) is 0 Å². The van der Waals surface area contributed by atoms with Gasteiger partial charge in [-0.3, -0.25) is 4.57 Å². The highest BCUT2D eigenvalue weighted by atomic mass is 16.6. The first-order valence-electron chi connectivity index (χ1n) is 4.98. The molecule has 7 nitrogen and oxygen atoms in total. The van der Waals surface area contributed by atoms with Crippen molar-refractivity contribution in [3.05, 3.63) is 16.4 Å². The van der Waals surface area contributed by atoms with Crippen LogP contribution >= 0.6 is 0 Å². The highest BCUT2D eigenvalue weighted by molar-refractivity contribution is 5.53. The number of anilines is 1. The normalized spacial score (nSPS) is 12.5. The number of hydrogen-bond acceptors (Lipinski definition) is 5. The first-order chi connectivity index (χ1) is 7.43. The zero-order chi connectivity index (χ0) is 12.3. The maximum absolute atomic E-state index is 10.7. The number of nitro groups is 1. The Morgan fingerprint density at radius 3 is 2.88 bits per heavy atom. The average molecular weight is 228 g/mol. The van der Waals surface area contributed by atoms with E-state index in [9.17, 15) is 10.1 Å². The van der Waals surface area contributed by atoms with E-state index in [1.807, 2.05) is 0 Å². The Hall–Kier alpha value is -1.63. The van der Waals surface area contributed by atoms with Gasteiger partial charge in [0.2, 0.25) is 12.1 Å². The molecule has 90 valence electrons. The third kappa shape index (κ3) is 2.69. The van der Waals surface area contributed by atoms with Gasteiger partial charge in [-0.1, -0.05) is 0 Å². The van der Waals surface area contributed by atoms with Crippen LogP contribution in [0.25, 0.3) is 0 Å². The van der Waals surface area contributed by atoms with E-state index in [1.165, 1.54) is 6.33 Å². The molecule has 0 saturated heterocycles. The smallest absolute Gasteiger partial charge is 0.393 e. The van der Waals surface area contributed by atoms with E-state index in [0.717, 1.165) is 0 Å². The Labute approximate surface area is 93.5 Å². The van der Waals surface area contributed by atoms with Gasteiger partial charge in [0, 0.05) is 20.6 Å². The van der Waals surface area contributed by atoms with E-state index in [0.29, 0.717) is 18.8 Å². The molecule has 16 heavy (non-hydrogen) atoms. The van der Waals surface area contributed by atoms with Crippen LogP contribution in [0.15, 0.2) is 6.33 Å². The molecule has 0 saturated carbocycles. The van der Waals surface area contributed by atoms with Gasteiger partial charge in [0.15, 0.2) is 0 Å². The molecule has 0 spiro atoms. The summed E-state index contributed by atoms with van der Waals surface area (Å²) in [6.45, 7) is 2.23. The molecule has 0 bridgehead atoms. The van der Waals surface area contributed by atoms with Crippen LogP contribution in [0.4, 0.5) is 11.6 Å². The first-order valence-corrected chi connectivity index (χ1v) is 4.98.